The van der Waals surface area contributed by atoms with E-state index in [1.54, 1.807) is 12.1 Å². The van der Waals surface area contributed by atoms with E-state index in [1.165, 1.54) is 18.4 Å². The smallest absolute Gasteiger partial charge is 0.123 e. The van der Waals surface area contributed by atoms with Crippen LogP contribution in [0.3, 0.4) is 0 Å². The fraction of sp³-hybridized carbons (Fsp3) is 0.647. The highest BCUT2D eigenvalue weighted by Gasteiger charge is 2.29. The van der Waals surface area contributed by atoms with Gasteiger partial charge in [0.2, 0.25) is 0 Å². The minimum absolute atomic E-state index is 0.154. The summed E-state index contributed by atoms with van der Waals surface area (Å²) in [5.41, 5.74) is 1.20. The minimum Gasteiger partial charge on any atom is -0.311 e. The highest BCUT2D eigenvalue weighted by molar-refractivity contribution is 5.16. The van der Waals surface area contributed by atoms with E-state index in [2.05, 4.69) is 31.0 Å². The van der Waals surface area contributed by atoms with Gasteiger partial charge in [-0.1, -0.05) is 39.3 Å². The number of nitrogens with one attached hydrogen (secondary N) is 1. The lowest BCUT2D eigenvalue weighted by atomic mass is 9.96. The summed E-state index contributed by atoms with van der Waals surface area (Å²) in [5.74, 6) is 0.476. The third-order valence-corrected chi connectivity index (χ3v) is 4.25. The number of halogens is 1. The molecule has 0 saturated carbocycles. The summed E-state index contributed by atoms with van der Waals surface area (Å²) >= 11 is 0. The molecule has 20 heavy (non-hydrogen) atoms. The second-order valence-electron chi connectivity index (χ2n) is 6.26. The molecule has 1 saturated heterocycles. The Morgan fingerprint density at radius 1 is 1.30 bits per heavy atom. The molecule has 0 radical (unpaired) electrons. The van der Waals surface area contributed by atoms with Crippen LogP contribution >= 0.6 is 0 Å². The maximum atomic E-state index is 13.0. The van der Waals surface area contributed by atoms with E-state index in [9.17, 15) is 4.39 Å². The summed E-state index contributed by atoms with van der Waals surface area (Å²) in [6.07, 6.45) is 2.44. The lowest BCUT2D eigenvalue weighted by molar-refractivity contribution is 0.0885. The van der Waals surface area contributed by atoms with Gasteiger partial charge in [-0.3, -0.25) is 4.90 Å². The number of benzene rings is 1. The van der Waals surface area contributed by atoms with Gasteiger partial charge in [-0.2, -0.15) is 0 Å². The first-order valence-corrected chi connectivity index (χ1v) is 7.82. The average Bonchev–Trinajstić information content (AvgIpc) is 2.42. The van der Waals surface area contributed by atoms with Crippen LogP contribution in [-0.2, 0) is 6.54 Å². The highest BCUT2D eigenvalue weighted by atomic mass is 19.1. The van der Waals surface area contributed by atoms with Crippen LogP contribution in [-0.4, -0.2) is 30.1 Å². The van der Waals surface area contributed by atoms with Gasteiger partial charge in [0.25, 0.3) is 0 Å². The molecule has 1 aliphatic rings. The van der Waals surface area contributed by atoms with Crippen LogP contribution in [0.5, 0.6) is 0 Å². The van der Waals surface area contributed by atoms with Gasteiger partial charge in [0.05, 0.1) is 0 Å². The summed E-state index contributed by atoms with van der Waals surface area (Å²) < 4.78 is 13.0. The molecule has 2 unspecified atom stereocenters. The first-order chi connectivity index (χ1) is 9.60. The van der Waals surface area contributed by atoms with E-state index in [1.807, 2.05) is 12.1 Å². The maximum absolute atomic E-state index is 13.0. The Hall–Kier alpha value is -0.930. The van der Waals surface area contributed by atoms with Crippen LogP contribution in [0.4, 0.5) is 4.39 Å². The van der Waals surface area contributed by atoms with Crippen LogP contribution in [0.2, 0.25) is 0 Å². The molecule has 1 N–H and O–H groups in total. The second kappa shape index (κ2) is 7.19. The third-order valence-electron chi connectivity index (χ3n) is 4.25. The predicted octanol–water partition coefficient (Wildman–Crippen LogP) is 3.42. The van der Waals surface area contributed by atoms with Crippen LogP contribution in [0, 0.1) is 11.7 Å². The Labute approximate surface area is 122 Å². The minimum atomic E-state index is -0.154. The predicted molar refractivity (Wildman–Crippen MR) is 82.1 cm³/mol. The van der Waals surface area contributed by atoms with Crippen molar-refractivity contribution in [2.24, 2.45) is 5.92 Å². The molecule has 112 valence electrons. The Bertz CT molecular complexity index is 402. The molecule has 0 aromatic heterocycles. The molecule has 2 atom stereocenters. The van der Waals surface area contributed by atoms with E-state index < -0.39 is 0 Å². The van der Waals surface area contributed by atoms with Gasteiger partial charge in [-0.25, -0.2) is 4.39 Å². The molecule has 2 rings (SSSR count). The highest BCUT2D eigenvalue weighted by Crippen LogP contribution is 2.20. The number of hydrogen-bond donors (Lipinski definition) is 1. The molecule has 1 aromatic carbocycles. The topological polar surface area (TPSA) is 15.3 Å². The van der Waals surface area contributed by atoms with Crippen molar-refractivity contribution >= 4 is 0 Å². The first kappa shape index (κ1) is 15.5. The van der Waals surface area contributed by atoms with Crippen molar-refractivity contribution in [1.82, 2.24) is 10.2 Å². The number of piperazine rings is 1. The van der Waals surface area contributed by atoms with Gasteiger partial charge in [-0.15, -0.1) is 0 Å². The normalized spacial score (nSPS) is 24.2. The quantitative estimate of drug-likeness (QED) is 0.888. The SMILES string of the molecule is CCCC1CN(Cc2ccc(F)cc2)C(C(C)C)CN1. The van der Waals surface area contributed by atoms with E-state index in [4.69, 9.17) is 0 Å². The Morgan fingerprint density at radius 3 is 2.60 bits per heavy atom. The maximum Gasteiger partial charge on any atom is 0.123 e. The average molecular weight is 278 g/mol. The van der Waals surface area contributed by atoms with Crippen LogP contribution in [0.25, 0.3) is 0 Å². The van der Waals surface area contributed by atoms with Crippen molar-refractivity contribution in [1.29, 1.82) is 0 Å². The van der Waals surface area contributed by atoms with Gasteiger partial charge < -0.3 is 5.32 Å². The van der Waals surface area contributed by atoms with Crippen molar-refractivity contribution < 1.29 is 4.39 Å². The molecule has 0 amide bonds. The molecule has 0 bridgehead atoms. The molecule has 2 nitrogen and oxygen atoms in total. The standard InChI is InChI=1S/C17H27FN2/c1-4-5-16-12-20(17(10-19-16)13(2)3)11-14-6-8-15(18)9-7-14/h6-9,13,16-17,19H,4-5,10-12H2,1-3H3. The van der Waals surface area contributed by atoms with E-state index in [0.29, 0.717) is 18.0 Å². The summed E-state index contributed by atoms with van der Waals surface area (Å²) in [4.78, 5) is 2.56. The van der Waals surface area contributed by atoms with Gasteiger partial charge in [0.1, 0.15) is 5.82 Å². The van der Waals surface area contributed by atoms with Crippen molar-refractivity contribution in [3.63, 3.8) is 0 Å². The van der Waals surface area contributed by atoms with Crippen molar-refractivity contribution in [2.45, 2.75) is 52.2 Å². The monoisotopic (exact) mass is 278 g/mol. The fourth-order valence-electron chi connectivity index (χ4n) is 3.10. The Morgan fingerprint density at radius 2 is 2.00 bits per heavy atom. The summed E-state index contributed by atoms with van der Waals surface area (Å²) in [5, 5.41) is 3.67. The molecule has 0 aliphatic carbocycles. The molecule has 3 heteroatoms. The van der Waals surface area contributed by atoms with Gasteiger partial charge in [-0.05, 0) is 30.0 Å². The number of rotatable bonds is 5. The van der Waals surface area contributed by atoms with Crippen LogP contribution < -0.4 is 5.32 Å². The molecule has 1 aliphatic heterocycles. The summed E-state index contributed by atoms with van der Waals surface area (Å²) in [6.45, 7) is 9.87. The van der Waals surface area contributed by atoms with Crippen molar-refractivity contribution in [2.75, 3.05) is 13.1 Å². The second-order valence-corrected chi connectivity index (χ2v) is 6.26. The summed E-state index contributed by atoms with van der Waals surface area (Å²) in [6, 6.07) is 8.09. The first-order valence-electron chi connectivity index (χ1n) is 7.82. The van der Waals surface area contributed by atoms with Crippen LogP contribution in [0.15, 0.2) is 24.3 Å². The zero-order chi connectivity index (χ0) is 14.5. The molecule has 0 spiro atoms. The van der Waals surface area contributed by atoms with E-state index in [0.717, 1.165) is 19.6 Å². The third kappa shape index (κ3) is 4.03. The molecule has 1 fully saturated rings. The van der Waals surface area contributed by atoms with Gasteiger partial charge in [0.15, 0.2) is 0 Å². The van der Waals surface area contributed by atoms with E-state index >= 15 is 0 Å². The lowest BCUT2D eigenvalue weighted by Gasteiger charge is -2.42. The van der Waals surface area contributed by atoms with Crippen molar-refractivity contribution in [3.8, 4) is 0 Å². The number of nitrogens with zero attached hydrogens (tertiary/aromatic N) is 1. The Balaban J connectivity index is 2.04. The Kier molecular flexibility index (Phi) is 5.55. The van der Waals surface area contributed by atoms with E-state index in [-0.39, 0.29) is 5.82 Å². The molecule has 1 heterocycles. The van der Waals surface area contributed by atoms with Gasteiger partial charge >= 0.3 is 0 Å². The molecular formula is C17H27FN2. The molecule has 1 aromatic rings. The summed E-state index contributed by atoms with van der Waals surface area (Å²) in [7, 11) is 0. The largest absolute Gasteiger partial charge is 0.311 e. The fourth-order valence-corrected chi connectivity index (χ4v) is 3.10. The number of hydrogen-bond acceptors (Lipinski definition) is 2. The zero-order valence-electron chi connectivity index (χ0n) is 12.9. The van der Waals surface area contributed by atoms with Crippen molar-refractivity contribution in [3.05, 3.63) is 35.6 Å². The van der Waals surface area contributed by atoms with Gasteiger partial charge in [0, 0.05) is 31.7 Å². The zero-order valence-corrected chi connectivity index (χ0v) is 12.9. The van der Waals surface area contributed by atoms with Crippen LogP contribution in [0.1, 0.15) is 39.2 Å². The lowest BCUT2D eigenvalue weighted by Crippen LogP contribution is -2.57. The molecular weight excluding hydrogens is 251 g/mol.